The van der Waals surface area contributed by atoms with Crippen molar-refractivity contribution in [2.45, 2.75) is 71.5 Å². The minimum Gasteiger partial charge on any atom is -0.508 e. The zero-order valence-corrected chi connectivity index (χ0v) is 24.5. The molecule has 3 aromatic rings. The van der Waals surface area contributed by atoms with Crippen molar-refractivity contribution in [2.24, 2.45) is 11.3 Å². The fourth-order valence-corrected chi connectivity index (χ4v) is 6.92. The van der Waals surface area contributed by atoms with E-state index in [1.807, 2.05) is 30.0 Å². The summed E-state index contributed by atoms with van der Waals surface area (Å²) < 4.78 is 6.38. The molecule has 4 aliphatic rings. The van der Waals surface area contributed by atoms with Gasteiger partial charge in [0, 0.05) is 36.7 Å². The molecular formula is C33H41N5O3. The Hall–Kier alpha value is -3.39. The van der Waals surface area contributed by atoms with E-state index >= 15 is 0 Å². The molecular weight excluding hydrogens is 514 g/mol. The predicted octanol–water partition coefficient (Wildman–Crippen LogP) is 5.29. The molecule has 2 saturated carbocycles. The zero-order valence-electron chi connectivity index (χ0n) is 24.5. The summed E-state index contributed by atoms with van der Waals surface area (Å²) in [5.74, 6) is 1.51. The second-order valence-electron chi connectivity index (χ2n) is 13.2. The number of benzene rings is 2. The van der Waals surface area contributed by atoms with Crippen molar-refractivity contribution < 1.29 is 14.6 Å². The maximum atomic E-state index is 14.0. The SMILES string of the molecule is Cc1cccc2cc(O)cc(C(=O)N3Cc4nc(OCC5(CN(C)C6CC6)CC5)nc(N5CCCC(C)C5)c4C3)c12. The van der Waals surface area contributed by atoms with Crippen LogP contribution in [0.2, 0.25) is 0 Å². The zero-order chi connectivity index (χ0) is 28.3. The molecule has 2 aliphatic carbocycles. The number of carbonyl (C=O) groups is 1. The highest BCUT2D eigenvalue weighted by Crippen LogP contribution is 2.48. The van der Waals surface area contributed by atoms with E-state index in [0.717, 1.165) is 65.5 Å². The Bertz CT molecular complexity index is 1500. The van der Waals surface area contributed by atoms with Gasteiger partial charge in [-0.3, -0.25) is 4.79 Å². The number of amides is 1. The van der Waals surface area contributed by atoms with Crippen molar-refractivity contribution in [3.8, 4) is 11.8 Å². The predicted molar refractivity (Wildman–Crippen MR) is 159 cm³/mol. The minimum atomic E-state index is -0.0984. The second kappa shape index (κ2) is 10.2. The number of aromatic nitrogens is 2. The summed E-state index contributed by atoms with van der Waals surface area (Å²) in [4.78, 5) is 30.6. The smallest absolute Gasteiger partial charge is 0.318 e. The minimum absolute atomic E-state index is 0.0984. The van der Waals surface area contributed by atoms with Crippen LogP contribution in [0.5, 0.6) is 11.8 Å². The number of phenolic OH excluding ortho intramolecular Hbond substituents is 1. The van der Waals surface area contributed by atoms with Gasteiger partial charge in [-0.1, -0.05) is 25.1 Å². The third-order valence-corrected chi connectivity index (χ3v) is 9.60. The molecule has 0 radical (unpaired) electrons. The van der Waals surface area contributed by atoms with Gasteiger partial charge in [-0.05, 0) is 86.9 Å². The maximum absolute atomic E-state index is 14.0. The van der Waals surface area contributed by atoms with Crippen LogP contribution in [0.3, 0.4) is 0 Å². The third kappa shape index (κ3) is 5.23. The van der Waals surface area contributed by atoms with Crippen LogP contribution < -0.4 is 9.64 Å². The Balaban J connectivity index is 1.17. The van der Waals surface area contributed by atoms with Gasteiger partial charge in [-0.25, -0.2) is 0 Å². The van der Waals surface area contributed by atoms with E-state index in [2.05, 4.69) is 23.8 Å². The molecule has 7 rings (SSSR count). The molecule has 2 aliphatic heterocycles. The molecule has 0 spiro atoms. The fraction of sp³-hybridized carbons (Fsp3) is 0.545. The summed E-state index contributed by atoms with van der Waals surface area (Å²) in [6.45, 7) is 8.76. The van der Waals surface area contributed by atoms with Crippen LogP contribution in [0.1, 0.15) is 72.6 Å². The van der Waals surface area contributed by atoms with Crippen molar-refractivity contribution in [3.05, 3.63) is 52.7 Å². The maximum Gasteiger partial charge on any atom is 0.318 e. The van der Waals surface area contributed by atoms with E-state index in [1.165, 1.54) is 32.1 Å². The van der Waals surface area contributed by atoms with Gasteiger partial charge < -0.3 is 24.5 Å². The molecule has 1 amide bonds. The number of hydrogen-bond donors (Lipinski definition) is 1. The first kappa shape index (κ1) is 26.5. The average Bonchev–Trinajstić information content (AvgIpc) is 3.88. The number of hydrogen-bond acceptors (Lipinski definition) is 7. The lowest BCUT2D eigenvalue weighted by Crippen LogP contribution is -2.36. The van der Waals surface area contributed by atoms with Gasteiger partial charge in [0.05, 0.1) is 31.0 Å². The van der Waals surface area contributed by atoms with Gasteiger partial charge in [-0.2, -0.15) is 9.97 Å². The van der Waals surface area contributed by atoms with Gasteiger partial charge in [-0.15, -0.1) is 0 Å². The van der Waals surface area contributed by atoms with Gasteiger partial charge in [0.2, 0.25) is 0 Å². The fourth-order valence-electron chi connectivity index (χ4n) is 6.92. The topological polar surface area (TPSA) is 82.0 Å². The molecule has 1 aromatic heterocycles. The van der Waals surface area contributed by atoms with Crippen LogP contribution >= 0.6 is 0 Å². The number of aryl methyl sites for hydroxylation is 1. The van der Waals surface area contributed by atoms with Crippen LogP contribution in [-0.2, 0) is 13.1 Å². The molecule has 1 saturated heterocycles. The number of piperidine rings is 1. The number of fused-ring (bicyclic) bond motifs is 2. The lowest BCUT2D eigenvalue weighted by Gasteiger charge is -2.33. The lowest BCUT2D eigenvalue weighted by molar-refractivity contribution is 0.0752. The number of phenols is 1. The van der Waals surface area contributed by atoms with Crippen LogP contribution in [0.4, 0.5) is 5.82 Å². The first-order valence-electron chi connectivity index (χ1n) is 15.3. The summed E-state index contributed by atoms with van der Waals surface area (Å²) in [5.41, 5.74) is 3.64. The Morgan fingerprint density at radius 3 is 2.76 bits per heavy atom. The summed E-state index contributed by atoms with van der Waals surface area (Å²) in [6.07, 6.45) is 7.34. The van der Waals surface area contributed by atoms with E-state index in [9.17, 15) is 9.90 Å². The lowest BCUT2D eigenvalue weighted by atomic mass is 9.98. The number of rotatable bonds is 8. The molecule has 3 heterocycles. The summed E-state index contributed by atoms with van der Waals surface area (Å²) in [6, 6.07) is 10.4. The quantitative estimate of drug-likeness (QED) is 0.405. The highest BCUT2D eigenvalue weighted by molar-refractivity contribution is 6.09. The van der Waals surface area contributed by atoms with Crippen molar-refractivity contribution in [1.29, 1.82) is 0 Å². The standard InChI is InChI=1S/C33H41N5O3/c1-21-6-5-13-37(16-21)30-27-17-38(31(40)26-15-25(39)14-23-8-4-7-22(2)29(23)26)18-28(27)34-32(35-30)41-20-33(11-12-33)19-36(3)24-9-10-24/h4,7-8,14-15,21,24,39H,5-6,9-13,16-20H2,1-3H3. The summed E-state index contributed by atoms with van der Waals surface area (Å²) >= 11 is 0. The van der Waals surface area contributed by atoms with Crippen molar-refractivity contribution in [3.63, 3.8) is 0 Å². The van der Waals surface area contributed by atoms with Gasteiger partial charge in [0.1, 0.15) is 11.6 Å². The highest BCUT2D eigenvalue weighted by atomic mass is 16.5. The van der Waals surface area contributed by atoms with Gasteiger partial charge in [0.15, 0.2) is 0 Å². The third-order valence-electron chi connectivity index (χ3n) is 9.60. The van der Waals surface area contributed by atoms with Crippen molar-refractivity contribution in [1.82, 2.24) is 19.8 Å². The monoisotopic (exact) mass is 555 g/mol. The van der Waals surface area contributed by atoms with Crippen LogP contribution in [0.15, 0.2) is 30.3 Å². The highest BCUT2D eigenvalue weighted by Gasteiger charge is 2.46. The number of aromatic hydroxyl groups is 1. The van der Waals surface area contributed by atoms with Crippen molar-refractivity contribution in [2.75, 3.05) is 38.2 Å². The Morgan fingerprint density at radius 2 is 2.00 bits per heavy atom. The van der Waals surface area contributed by atoms with Gasteiger partial charge in [0.25, 0.3) is 5.91 Å². The molecule has 8 heteroatoms. The molecule has 0 bridgehead atoms. The Kier molecular flexibility index (Phi) is 6.57. The molecule has 1 N–H and O–H groups in total. The van der Waals surface area contributed by atoms with E-state index < -0.39 is 0 Å². The molecule has 1 atom stereocenters. The molecule has 8 nitrogen and oxygen atoms in total. The van der Waals surface area contributed by atoms with E-state index in [1.54, 1.807) is 12.1 Å². The summed E-state index contributed by atoms with van der Waals surface area (Å²) in [5, 5.41) is 12.2. The van der Waals surface area contributed by atoms with Crippen LogP contribution in [-0.4, -0.2) is 70.1 Å². The van der Waals surface area contributed by atoms with Crippen LogP contribution in [0.25, 0.3) is 10.8 Å². The largest absolute Gasteiger partial charge is 0.508 e. The number of anilines is 1. The van der Waals surface area contributed by atoms with E-state index in [0.29, 0.717) is 37.2 Å². The van der Waals surface area contributed by atoms with Crippen molar-refractivity contribution >= 4 is 22.5 Å². The number of carbonyl (C=O) groups excluding carboxylic acids is 1. The van der Waals surface area contributed by atoms with E-state index in [-0.39, 0.29) is 17.1 Å². The average molecular weight is 556 g/mol. The number of nitrogens with zero attached hydrogens (tertiary/aromatic N) is 5. The second-order valence-corrected chi connectivity index (χ2v) is 13.2. The molecule has 2 aromatic carbocycles. The first-order valence-corrected chi connectivity index (χ1v) is 15.3. The molecule has 41 heavy (non-hydrogen) atoms. The van der Waals surface area contributed by atoms with Gasteiger partial charge >= 0.3 is 6.01 Å². The first-order chi connectivity index (χ1) is 19.8. The van der Waals surface area contributed by atoms with E-state index in [4.69, 9.17) is 14.7 Å². The molecule has 3 fully saturated rings. The molecule has 1 unspecified atom stereocenters. The van der Waals surface area contributed by atoms with Crippen LogP contribution in [0, 0.1) is 18.3 Å². The summed E-state index contributed by atoms with van der Waals surface area (Å²) in [7, 11) is 2.24. The normalized spacial score (nSPS) is 21.4. The Labute approximate surface area is 242 Å². The Morgan fingerprint density at radius 1 is 1.17 bits per heavy atom. The number of ether oxygens (including phenoxy) is 1. The molecule has 216 valence electrons.